The van der Waals surface area contributed by atoms with Crippen molar-refractivity contribution < 1.29 is 9.84 Å². The number of epoxide rings is 1. The minimum Gasteiger partial charge on any atom is -0.394 e. The van der Waals surface area contributed by atoms with Gasteiger partial charge in [0.05, 0.1) is 12.7 Å². The molecule has 0 amide bonds. The predicted octanol–water partition coefficient (Wildman–Crippen LogP) is 1.96. The van der Waals surface area contributed by atoms with Gasteiger partial charge in [-0.3, -0.25) is 0 Å². The highest BCUT2D eigenvalue weighted by Crippen LogP contribution is 2.26. The van der Waals surface area contributed by atoms with E-state index in [-0.39, 0.29) is 12.7 Å². The molecule has 2 nitrogen and oxygen atoms in total. The Morgan fingerprint density at radius 1 is 1.25 bits per heavy atom. The molecule has 72 valence electrons. The molecule has 0 saturated carbocycles. The van der Waals surface area contributed by atoms with Gasteiger partial charge < -0.3 is 9.84 Å². The Kier molecular flexibility index (Phi) is 4.02. The third-order valence-electron chi connectivity index (χ3n) is 2.39. The molecular formula is C10H20O2. The van der Waals surface area contributed by atoms with E-state index in [1.165, 1.54) is 19.3 Å². The van der Waals surface area contributed by atoms with E-state index in [0.29, 0.717) is 6.10 Å². The molecule has 0 aliphatic carbocycles. The maximum Gasteiger partial charge on any atom is 0.107 e. The Labute approximate surface area is 74.9 Å². The summed E-state index contributed by atoms with van der Waals surface area (Å²) in [6, 6.07) is 0. The summed E-state index contributed by atoms with van der Waals surface area (Å²) in [6.07, 6.45) is 5.55. The lowest BCUT2D eigenvalue weighted by Crippen LogP contribution is -1.99. The zero-order valence-electron chi connectivity index (χ0n) is 8.12. The van der Waals surface area contributed by atoms with Crippen LogP contribution in [0.2, 0.25) is 0 Å². The van der Waals surface area contributed by atoms with Crippen LogP contribution < -0.4 is 0 Å². The van der Waals surface area contributed by atoms with E-state index in [4.69, 9.17) is 9.84 Å². The Hall–Kier alpha value is -0.0800. The Bertz CT molecular complexity index is 123. The van der Waals surface area contributed by atoms with Crippen molar-refractivity contribution >= 4 is 0 Å². The van der Waals surface area contributed by atoms with Gasteiger partial charge in [-0.2, -0.15) is 0 Å². The first-order chi connectivity index (χ1) is 5.74. The SMILES string of the molecule is CC(C)CCCCC1OC1CO. The summed E-state index contributed by atoms with van der Waals surface area (Å²) in [5.74, 6) is 0.818. The summed E-state index contributed by atoms with van der Waals surface area (Å²) in [5.41, 5.74) is 0. The molecule has 1 aliphatic rings. The summed E-state index contributed by atoms with van der Waals surface area (Å²) in [7, 11) is 0. The van der Waals surface area contributed by atoms with Crippen molar-refractivity contribution in [3.05, 3.63) is 0 Å². The summed E-state index contributed by atoms with van der Waals surface area (Å²) < 4.78 is 5.22. The van der Waals surface area contributed by atoms with Crippen LogP contribution in [0, 0.1) is 5.92 Å². The van der Waals surface area contributed by atoms with Gasteiger partial charge >= 0.3 is 0 Å². The van der Waals surface area contributed by atoms with Crippen LogP contribution in [0.3, 0.4) is 0 Å². The lowest BCUT2D eigenvalue weighted by Gasteiger charge is -2.02. The third-order valence-corrected chi connectivity index (χ3v) is 2.39. The second-order valence-electron chi connectivity index (χ2n) is 4.07. The highest BCUT2D eigenvalue weighted by atomic mass is 16.6. The zero-order valence-corrected chi connectivity index (χ0v) is 8.12. The predicted molar refractivity (Wildman–Crippen MR) is 49.1 cm³/mol. The molecule has 1 heterocycles. The van der Waals surface area contributed by atoms with Gasteiger partial charge in [0.1, 0.15) is 6.10 Å². The van der Waals surface area contributed by atoms with E-state index < -0.39 is 0 Å². The molecule has 2 unspecified atom stereocenters. The first kappa shape index (κ1) is 10.0. The maximum absolute atomic E-state index is 8.70. The number of aliphatic hydroxyl groups excluding tert-OH is 1. The second-order valence-corrected chi connectivity index (χ2v) is 4.07. The molecule has 0 aromatic carbocycles. The fraction of sp³-hybridized carbons (Fsp3) is 1.00. The average molecular weight is 172 g/mol. The number of rotatable bonds is 6. The van der Waals surface area contributed by atoms with Crippen LogP contribution in [-0.4, -0.2) is 23.9 Å². The van der Waals surface area contributed by atoms with Crippen molar-refractivity contribution in [2.75, 3.05) is 6.61 Å². The van der Waals surface area contributed by atoms with Crippen molar-refractivity contribution in [3.63, 3.8) is 0 Å². The minimum atomic E-state index is 0.170. The van der Waals surface area contributed by atoms with E-state index >= 15 is 0 Å². The molecule has 2 heteroatoms. The fourth-order valence-electron chi connectivity index (χ4n) is 1.49. The van der Waals surface area contributed by atoms with Gasteiger partial charge in [0.25, 0.3) is 0 Å². The molecule has 2 atom stereocenters. The summed E-state index contributed by atoms with van der Waals surface area (Å²) >= 11 is 0. The molecule has 1 N–H and O–H groups in total. The first-order valence-electron chi connectivity index (χ1n) is 5.00. The number of hydrogen-bond acceptors (Lipinski definition) is 2. The lowest BCUT2D eigenvalue weighted by atomic mass is 10.0. The lowest BCUT2D eigenvalue weighted by molar-refractivity contribution is 0.241. The van der Waals surface area contributed by atoms with Crippen molar-refractivity contribution in [2.45, 2.75) is 51.7 Å². The van der Waals surface area contributed by atoms with Gasteiger partial charge in [-0.1, -0.05) is 33.1 Å². The Balaban J connectivity index is 1.84. The fourth-order valence-corrected chi connectivity index (χ4v) is 1.49. The van der Waals surface area contributed by atoms with Crippen LogP contribution >= 0.6 is 0 Å². The summed E-state index contributed by atoms with van der Waals surface area (Å²) in [6.45, 7) is 4.71. The number of unbranched alkanes of at least 4 members (excludes halogenated alkanes) is 1. The highest BCUT2D eigenvalue weighted by Gasteiger charge is 2.36. The van der Waals surface area contributed by atoms with E-state index in [1.807, 2.05) is 0 Å². The largest absolute Gasteiger partial charge is 0.394 e. The van der Waals surface area contributed by atoms with Crippen LogP contribution in [0.5, 0.6) is 0 Å². The van der Waals surface area contributed by atoms with Crippen LogP contribution in [0.1, 0.15) is 39.5 Å². The average Bonchev–Trinajstić information content (AvgIpc) is 2.76. The molecule has 1 aliphatic heterocycles. The van der Waals surface area contributed by atoms with Crippen LogP contribution in [-0.2, 0) is 4.74 Å². The van der Waals surface area contributed by atoms with Gasteiger partial charge in [-0.25, -0.2) is 0 Å². The van der Waals surface area contributed by atoms with Crippen LogP contribution in [0.25, 0.3) is 0 Å². The molecule has 0 radical (unpaired) electrons. The molecule has 0 aromatic rings. The normalized spacial score (nSPS) is 28.0. The smallest absolute Gasteiger partial charge is 0.107 e. The third kappa shape index (κ3) is 3.55. The first-order valence-corrected chi connectivity index (χ1v) is 5.00. The molecule has 1 rings (SSSR count). The van der Waals surface area contributed by atoms with Gasteiger partial charge in [0.2, 0.25) is 0 Å². The highest BCUT2D eigenvalue weighted by molar-refractivity contribution is 4.83. The minimum absolute atomic E-state index is 0.170. The van der Waals surface area contributed by atoms with E-state index in [1.54, 1.807) is 0 Å². The van der Waals surface area contributed by atoms with E-state index in [2.05, 4.69) is 13.8 Å². The molecule has 1 saturated heterocycles. The molecule has 0 spiro atoms. The number of hydrogen-bond donors (Lipinski definition) is 1. The van der Waals surface area contributed by atoms with Crippen LogP contribution in [0.4, 0.5) is 0 Å². The maximum atomic E-state index is 8.70. The second kappa shape index (κ2) is 4.83. The molecule has 0 aromatic heterocycles. The van der Waals surface area contributed by atoms with Gasteiger partial charge in [-0.15, -0.1) is 0 Å². The molecule has 1 fully saturated rings. The molecular weight excluding hydrogens is 152 g/mol. The summed E-state index contributed by atoms with van der Waals surface area (Å²) in [4.78, 5) is 0. The number of ether oxygens (including phenoxy) is 1. The van der Waals surface area contributed by atoms with Crippen LogP contribution in [0.15, 0.2) is 0 Å². The van der Waals surface area contributed by atoms with E-state index in [9.17, 15) is 0 Å². The van der Waals surface area contributed by atoms with Gasteiger partial charge in [0.15, 0.2) is 0 Å². The van der Waals surface area contributed by atoms with Gasteiger partial charge in [-0.05, 0) is 12.3 Å². The zero-order chi connectivity index (χ0) is 8.97. The molecule has 12 heavy (non-hydrogen) atoms. The van der Waals surface area contributed by atoms with Crippen molar-refractivity contribution in [3.8, 4) is 0 Å². The summed E-state index contributed by atoms with van der Waals surface area (Å²) in [5, 5.41) is 8.70. The standard InChI is InChI=1S/C10H20O2/c1-8(2)5-3-4-6-9-10(7-11)12-9/h8-11H,3-7H2,1-2H3. The monoisotopic (exact) mass is 172 g/mol. The van der Waals surface area contributed by atoms with Crippen molar-refractivity contribution in [1.82, 2.24) is 0 Å². The van der Waals surface area contributed by atoms with E-state index in [0.717, 1.165) is 12.3 Å². The van der Waals surface area contributed by atoms with Crippen molar-refractivity contribution in [2.24, 2.45) is 5.92 Å². The number of aliphatic hydroxyl groups is 1. The Morgan fingerprint density at radius 3 is 2.50 bits per heavy atom. The topological polar surface area (TPSA) is 32.8 Å². The Morgan fingerprint density at radius 2 is 2.00 bits per heavy atom. The van der Waals surface area contributed by atoms with Crippen molar-refractivity contribution in [1.29, 1.82) is 0 Å². The quantitative estimate of drug-likeness (QED) is 0.490. The molecule has 0 bridgehead atoms. The van der Waals surface area contributed by atoms with Gasteiger partial charge in [0, 0.05) is 0 Å².